The van der Waals surface area contributed by atoms with Gasteiger partial charge in [-0.2, -0.15) is 4.98 Å². The van der Waals surface area contributed by atoms with Crippen molar-refractivity contribution in [1.29, 1.82) is 0 Å². The van der Waals surface area contributed by atoms with Gasteiger partial charge in [-0.3, -0.25) is 0 Å². The van der Waals surface area contributed by atoms with Crippen molar-refractivity contribution in [3.8, 4) is 11.5 Å². The summed E-state index contributed by atoms with van der Waals surface area (Å²) in [5.74, 6) is 1.12. The van der Waals surface area contributed by atoms with Crippen LogP contribution in [0.15, 0.2) is 59.1 Å². The molecule has 6 heteroatoms. The predicted octanol–water partition coefficient (Wildman–Crippen LogP) is 3.97. The Bertz CT molecular complexity index is 805. The van der Waals surface area contributed by atoms with Gasteiger partial charge in [0.2, 0.25) is 0 Å². The van der Waals surface area contributed by atoms with Crippen LogP contribution in [0, 0.1) is 0 Å². The molecule has 1 aliphatic rings. The molecular formula is C18H16ClN3O2. The smallest absolute Gasteiger partial charge is 0.266 e. The van der Waals surface area contributed by atoms with Gasteiger partial charge in [0.25, 0.3) is 11.8 Å². The lowest BCUT2D eigenvalue weighted by Gasteiger charge is -2.32. The van der Waals surface area contributed by atoms with Gasteiger partial charge in [0, 0.05) is 17.1 Å². The van der Waals surface area contributed by atoms with Gasteiger partial charge in [-0.1, -0.05) is 41.9 Å². The summed E-state index contributed by atoms with van der Waals surface area (Å²) in [5, 5.41) is 4.84. The lowest BCUT2D eigenvalue weighted by molar-refractivity contribution is 0.0391. The van der Waals surface area contributed by atoms with Gasteiger partial charge in [0.15, 0.2) is 0 Å². The Morgan fingerprint density at radius 3 is 2.62 bits per heavy atom. The SMILES string of the molecule is Clc1ccc(C2CN(c3noc(-c4ccccc4)n3)CCO2)cc1. The summed E-state index contributed by atoms with van der Waals surface area (Å²) >= 11 is 5.95. The van der Waals surface area contributed by atoms with Crippen molar-refractivity contribution >= 4 is 17.5 Å². The first-order valence-corrected chi connectivity index (χ1v) is 8.18. The van der Waals surface area contributed by atoms with Crippen LogP contribution in [-0.2, 0) is 4.74 Å². The molecule has 1 atom stereocenters. The Kier molecular flexibility index (Phi) is 4.19. The van der Waals surface area contributed by atoms with Crippen molar-refractivity contribution in [3.05, 3.63) is 65.2 Å². The van der Waals surface area contributed by atoms with E-state index in [0.29, 0.717) is 25.0 Å². The number of halogens is 1. The lowest BCUT2D eigenvalue weighted by Crippen LogP contribution is -2.39. The highest BCUT2D eigenvalue weighted by Crippen LogP contribution is 2.27. The van der Waals surface area contributed by atoms with Gasteiger partial charge in [0.05, 0.1) is 13.2 Å². The Morgan fingerprint density at radius 1 is 1.04 bits per heavy atom. The van der Waals surface area contributed by atoms with E-state index in [2.05, 4.69) is 15.0 Å². The highest BCUT2D eigenvalue weighted by molar-refractivity contribution is 6.30. The Hall–Kier alpha value is -2.37. The molecule has 24 heavy (non-hydrogen) atoms. The molecule has 2 aromatic carbocycles. The minimum atomic E-state index is -0.0327. The summed E-state index contributed by atoms with van der Waals surface area (Å²) < 4.78 is 11.3. The first-order valence-electron chi connectivity index (χ1n) is 7.81. The summed E-state index contributed by atoms with van der Waals surface area (Å²) in [5.41, 5.74) is 2.01. The minimum Gasteiger partial charge on any atom is -0.370 e. The zero-order valence-corrected chi connectivity index (χ0v) is 13.7. The average molecular weight is 342 g/mol. The Morgan fingerprint density at radius 2 is 1.83 bits per heavy atom. The van der Waals surface area contributed by atoms with Crippen LogP contribution in [0.2, 0.25) is 5.02 Å². The molecule has 1 fully saturated rings. The summed E-state index contributed by atoms with van der Waals surface area (Å²) in [6, 6.07) is 17.5. The summed E-state index contributed by atoms with van der Waals surface area (Å²) in [7, 11) is 0. The molecule has 0 spiro atoms. The maximum atomic E-state index is 5.95. The number of anilines is 1. The molecule has 4 rings (SSSR count). The maximum absolute atomic E-state index is 5.95. The lowest BCUT2D eigenvalue weighted by atomic mass is 10.1. The minimum absolute atomic E-state index is 0.0327. The molecule has 0 aliphatic carbocycles. The van der Waals surface area contributed by atoms with Gasteiger partial charge >= 0.3 is 0 Å². The highest BCUT2D eigenvalue weighted by atomic mass is 35.5. The molecule has 0 N–H and O–H groups in total. The van der Waals surface area contributed by atoms with Crippen LogP contribution < -0.4 is 4.90 Å². The Balaban J connectivity index is 1.52. The monoisotopic (exact) mass is 341 g/mol. The first-order chi connectivity index (χ1) is 11.8. The van der Waals surface area contributed by atoms with Crippen molar-refractivity contribution in [3.63, 3.8) is 0 Å². The van der Waals surface area contributed by atoms with Crippen molar-refractivity contribution in [1.82, 2.24) is 10.1 Å². The highest BCUT2D eigenvalue weighted by Gasteiger charge is 2.25. The fourth-order valence-corrected chi connectivity index (χ4v) is 2.88. The first kappa shape index (κ1) is 15.2. The second-order valence-corrected chi connectivity index (χ2v) is 6.06. The van der Waals surface area contributed by atoms with E-state index in [1.54, 1.807) is 0 Å². The Labute approximate surface area is 144 Å². The summed E-state index contributed by atoms with van der Waals surface area (Å²) in [6.07, 6.45) is -0.0327. The third kappa shape index (κ3) is 3.13. The average Bonchev–Trinajstić information content (AvgIpc) is 3.13. The predicted molar refractivity (Wildman–Crippen MR) is 92.1 cm³/mol. The van der Waals surface area contributed by atoms with Gasteiger partial charge < -0.3 is 14.2 Å². The van der Waals surface area contributed by atoms with E-state index in [4.69, 9.17) is 20.9 Å². The largest absolute Gasteiger partial charge is 0.370 e. The van der Waals surface area contributed by atoms with Crippen molar-refractivity contribution in [2.75, 3.05) is 24.6 Å². The molecule has 1 aromatic heterocycles. The van der Waals surface area contributed by atoms with Crippen LogP contribution in [0.4, 0.5) is 5.95 Å². The van der Waals surface area contributed by atoms with Crippen LogP contribution in [0.25, 0.3) is 11.5 Å². The van der Waals surface area contributed by atoms with E-state index in [9.17, 15) is 0 Å². The van der Waals surface area contributed by atoms with Crippen molar-refractivity contribution in [2.45, 2.75) is 6.10 Å². The number of hydrogen-bond donors (Lipinski definition) is 0. The third-order valence-corrected chi connectivity index (χ3v) is 4.28. The van der Waals surface area contributed by atoms with Crippen LogP contribution in [0.1, 0.15) is 11.7 Å². The summed E-state index contributed by atoms with van der Waals surface area (Å²) in [4.78, 5) is 6.60. The van der Waals surface area contributed by atoms with E-state index in [1.807, 2.05) is 54.6 Å². The van der Waals surface area contributed by atoms with Crippen LogP contribution in [0.3, 0.4) is 0 Å². The third-order valence-electron chi connectivity index (χ3n) is 4.03. The molecule has 1 unspecified atom stereocenters. The summed E-state index contributed by atoms with van der Waals surface area (Å²) in [6.45, 7) is 2.02. The molecular weight excluding hydrogens is 326 g/mol. The van der Waals surface area contributed by atoms with Crippen molar-refractivity contribution in [2.24, 2.45) is 0 Å². The fraction of sp³-hybridized carbons (Fsp3) is 0.222. The van der Waals surface area contributed by atoms with Crippen LogP contribution in [-0.4, -0.2) is 29.8 Å². The van der Waals surface area contributed by atoms with Gasteiger partial charge in [-0.25, -0.2) is 0 Å². The second kappa shape index (κ2) is 6.63. The molecule has 122 valence electrons. The number of morpholine rings is 1. The topological polar surface area (TPSA) is 51.4 Å². The maximum Gasteiger partial charge on any atom is 0.266 e. The molecule has 3 aromatic rings. The molecule has 0 radical (unpaired) electrons. The van der Waals surface area contributed by atoms with Crippen molar-refractivity contribution < 1.29 is 9.26 Å². The van der Waals surface area contributed by atoms with E-state index in [0.717, 1.165) is 22.7 Å². The number of nitrogens with zero attached hydrogens (tertiary/aromatic N) is 3. The second-order valence-electron chi connectivity index (χ2n) is 5.62. The number of ether oxygens (including phenoxy) is 1. The molecule has 1 saturated heterocycles. The number of hydrogen-bond acceptors (Lipinski definition) is 5. The molecule has 0 saturated carbocycles. The fourth-order valence-electron chi connectivity index (χ4n) is 2.75. The molecule has 1 aliphatic heterocycles. The van der Waals surface area contributed by atoms with E-state index in [1.165, 1.54) is 0 Å². The van der Waals surface area contributed by atoms with E-state index >= 15 is 0 Å². The van der Waals surface area contributed by atoms with Gasteiger partial charge in [-0.05, 0) is 35.0 Å². The van der Waals surface area contributed by atoms with Crippen LogP contribution >= 0.6 is 11.6 Å². The number of benzene rings is 2. The zero-order valence-electron chi connectivity index (χ0n) is 12.9. The van der Waals surface area contributed by atoms with E-state index in [-0.39, 0.29) is 6.10 Å². The van der Waals surface area contributed by atoms with Gasteiger partial charge in [0.1, 0.15) is 6.10 Å². The number of rotatable bonds is 3. The van der Waals surface area contributed by atoms with Crippen LogP contribution in [0.5, 0.6) is 0 Å². The molecule has 0 amide bonds. The number of aromatic nitrogens is 2. The molecule has 0 bridgehead atoms. The standard InChI is InChI=1S/C18H16ClN3O2/c19-15-8-6-13(7-9-15)16-12-22(10-11-23-16)18-20-17(24-21-18)14-4-2-1-3-5-14/h1-9,16H,10-12H2. The molecule has 2 heterocycles. The van der Waals surface area contributed by atoms with Gasteiger partial charge in [-0.15, -0.1) is 0 Å². The van der Waals surface area contributed by atoms with E-state index < -0.39 is 0 Å². The molecule has 5 nitrogen and oxygen atoms in total. The quantitative estimate of drug-likeness (QED) is 0.721. The zero-order chi connectivity index (χ0) is 16.4. The normalized spacial score (nSPS) is 17.9.